The maximum atomic E-state index is 13.4. The third kappa shape index (κ3) is 6.99. The number of para-hydroxylation sites is 1. The van der Waals surface area contributed by atoms with E-state index in [0.29, 0.717) is 53.9 Å². The van der Waals surface area contributed by atoms with Gasteiger partial charge in [0, 0.05) is 16.5 Å². The van der Waals surface area contributed by atoms with E-state index in [2.05, 4.69) is 15.5 Å². The van der Waals surface area contributed by atoms with E-state index < -0.39 is 5.97 Å². The molecule has 5 aromatic rings. The molecule has 45 heavy (non-hydrogen) atoms. The first-order valence-corrected chi connectivity index (χ1v) is 14.8. The Morgan fingerprint density at radius 2 is 1.47 bits per heavy atom. The number of hydrazone groups is 1. The summed E-state index contributed by atoms with van der Waals surface area (Å²) < 4.78 is 22.7. The molecule has 0 spiro atoms. The number of amides is 1. The van der Waals surface area contributed by atoms with E-state index in [-0.39, 0.29) is 11.7 Å². The Labute approximate surface area is 261 Å². The summed E-state index contributed by atoms with van der Waals surface area (Å²) in [5, 5.41) is 5.16. The second-order valence-corrected chi connectivity index (χ2v) is 9.99. The number of nitrogens with zero attached hydrogens (tertiary/aromatic N) is 1. The largest absolute Gasteiger partial charge is 0.490 e. The van der Waals surface area contributed by atoms with Crippen LogP contribution >= 0.6 is 0 Å². The van der Waals surface area contributed by atoms with Crippen molar-refractivity contribution < 1.29 is 28.5 Å². The maximum Gasteiger partial charge on any atom is 0.343 e. The topological polar surface area (TPSA) is 111 Å². The number of carbonyl (C=O) groups is 2. The smallest absolute Gasteiger partial charge is 0.343 e. The number of fused-ring (bicyclic) bond motifs is 1. The van der Waals surface area contributed by atoms with Gasteiger partial charge >= 0.3 is 5.97 Å². The molecule has 1 amide bonds. The Bertz CT molecular complexity index is 1850. The number of H-pyrrole nitrogens is 1. The van der Waals surface area contributed by atoms with Crippen LogP contribution in [0.15, 0.2) is 90.0 Å². The fourth-order valence-corrected chi connectivity index (χ4v) is 4.95. The number of hydrogen-bond acceptors (Lipinski definition) is 7. The van der Waals surface area contributed by atoms with Crippen LogP contribution in [0.5, 0.6) is 23.0 Å². The summed E-state index contributed by atoms with van der Waals surface area (Å²) in [7, 11) is 0. The van der Waals surface area contributed by atoms with Crippen molar-refractivity contribution in [2.24, 2.45) is 5.10 Å². The van der Waals surface area contributed by atoms with E-state index in [1.165, 1.54) is 6.21 Å². The highest BCUT2D eigenvalue weighted by atomic mass is 16.6. The molecule has 5 rings (SSSR count). The Morgan fingerprint density at radius 1 is 0.778 bits per heavy atom. The summed E-state index contributed by atoms with van der Waals surface area (Å²) >= 11 is 0. The van der Waals surface area contributed by atoms with Crippen molar-refractivity contribution in [2.75, 3.05) is 19.8 Å². The molecule has 9 nitrogen and oxygen atoms in total. The fourth-order valence-electron chi connectivity index (χ4n) is 4.95. The second kappa shape index (κ2) is 14.3. The van der Waals surface area contributed by atoms with Crippen LogP contribution in [-0.4, -0.2) is 42.9 Å². The van der Waals surface area contributed by atoms with Crippen molar-refractivity contribution in [3.05, 3.63) is 107 Å². The van der Waals surface area contributed by atoms with Gasteiger partial charge in [-0.15, -0.1) is 0 Å². The molecule has 1 aromatic heterocycles. The van der Waals surface area contributed by atoms with Crippen LogP contribution < -0.4 is 24.4 Å². The molecule has 0 radical (unpaired) electrons. The quantitative estimate of drug-likeness (QED) is 0.0667. The van der Waals surface area contributed by atoms with Gasteiger partial charge in [0.1, 0.15) is 5.69 Å². The fraction of sp³-hybridized carbons (Fsp3) is 0.194. The molecule has 0 aliphatic carbocycles. The van der Waals surface area contributed by atoms with E-state index in [1.54, 1.807) is 36.4 Å². The van der Waals surface area contributed by atoms with Gasteiger partial charge < -0.3 is 23.9 Å². The minimum Gasteiger partial charge on any atom is -0.490 e. The van der Waals surface area contributed by atoms with Gasteiger partial charge in [0.25, 0.3) is 5.91 Å². The summed E-state index contributed by atoms with van der Waals surface area (Å²) in [6, 6.07) is 25.7. The van der Waals surface area contributed by atoms with Crippen molar-refractivity contribution in [3.8, 4) is 34.1 Å². The van der Waals surface area contributed by atoms with Crippen LogP contribution in [0, 0.1) is 6.92 Å². The van der Waals surface area contributed by atoms with Crippen LogP contribution in [0.4, 0.5) is 0 Å². The summed E-state index contributed by atoms with van der Waals surface area (Å²) in [4.78, 5) is 29.7. The number of aromatic amines is 1. The van der Waals surface area contributed by atoms with Crippen molar-refractivity contribution >= 4 is 29.0 Å². The van der Waals surface area contributed by atoms with Gasteiger partial charge in [0.15, 0.2) is 23.0 Å². The number of hydrogen-bond donors (Lipinski definition) is 2. The molecule has 9 heteroatoms. The van der Waals surface area contributed by atoms with Crippen LogP contribution in [0.1, 0.15) is 52.7 Å². The van der Waals surface area contributed by atoms with E-state index in [1.807, 2.05) is 76.2 Å². The predicted molar refractivity (Wildman–Crippen MR) is 175 cm³/mol. The first-order valence-electron chi connectivity index (χ1n) is 14.8. The zero-order valence-corrected chi connectivity index (χ0v) is 25.7. The lowest BCUT2D eigenvalue weighted by molar-refractivity contribution is 0.0727. The van der Waals surface area contributed by atoms with Crippen molar-refractivity contribution in [1.82, 2.24) is 10.4 Å². The highest BCUT2D eigenvalue weighted by Crippen LogP contribution is 2.34. The molecule has 0 fully saturated rings. The normalized spacial score (nSPS) is 11.0. The number of benzene rings is 4. The van der Waals surface area contributed by atoms with Crippen molar-refractivity contribution in [3.63, 3.8) is 0 Å². The standard InChI is InChI=1S/C36H35N3O6/c1-5-42-28-19-17-26(21-31(28)44-7-3)36(41)45-29-18-16-24(20-30(29)43-6-2)22-37-39-35(40)34-32(25-13-9-8-10-14-25)27-15-11-12-23(4)33(27)38-34/h8-22,38H,5-7H2,1-4H3,(H,39,40). The molecule has 0 saturated carbocycles. The minimum absolute atomic E-state index is 0.246. The van der Waals surface area contributed by atoms with Crippen LogP contribution in [-0.2, 0) is 0 Å². The van der Waals surface area contributed by atoms with E-state index >= 15 is 0 Å². The molecule has 0 saturated heterocycles. The van der Waals surface area contributed by atoms with E-state index in [9.17, 15) is 9.59 Å². The molecule has 1 heterocycles. The molecule has 0 aliphatic rings. The van der Waals surface area contributed by atoms with Gasteiger partial charge in [0.2, 0.25) is 0 Å². The number of ether oxygens (including phenoxy) is 4. The van der Waals surface area contributed by atoms with Crippen LogP contribution in [0.2, 0.25) is 0 Å². The first kappa shape index (κ1) is 30.9. The Kier molecular flexibility index (Phi) is 9.79. The zero-order chi connectivity index (χ0) is 31.8. The average molecular weight is 606 g/mol. The summed E-state index contributed by atoms with van der Waals surface area (Å²) in [5.74, 6) is 0.670. The summed E-state index contributed by atoms with van der Waals surface area (Å²) in [5.41, 5.74) is 7.67. The first-order chi connectivity index (χ1) is 21.9. The lowest BCUT2D eigenvalue weighted by atomic mass is 10.0. The van der Waals surface area contributed by atoms with Crippen LogP contribution in [0.25, 0.3) is 22.0 Å². The van der Waals surface area contributed by atoms with Gasteiger partial charge in [0.05, 0.1) is 31.6 Å². The van der Waals surface area contributed by atoms with E-state index in [4.69, 9.17) is 18.9 Å². The third-order valence-corrected chi connectivity index (χ3v) is 6.96. The average Bonchev–Trinajstić information content (AvgIpc) is 3.45. The van der Waals surface area contributed by atoms with Crippen LogP contribution in [0.3, 0.4) is 0 Å². The molecule has 0 aliphatic heterocycles. The highest BCUT2D eigenvalue weighted by Gasteiger charge is 2.20. The van der Waals surface area contributed by atoms with Gasteiger partial charge in [-0.3, -0.25) is 4.79 Å². The summed E-state index contributed by atoms with van der Waals surface area (Å²) in [6.07, 6.45) is 1.50. The number of esters is 1. The lowest BCUT2D eigenvalue weighted by Gasteiger charge is -2.13. The van der Waals surface area contributed by atoms with E-state index in [0.717, 1.165) is 27.6 Å². The number of rotatable bonds is 12. The minimum atomic E-state index is -0.573. The second-order valence-electron chi connectivity index (χ2n) is 9.99. The van der Waals surface area contributed by atoms with Gasteiger partial charge in [-0.25, -0.2) is 10.2 Å². The number of nitrogens with one attached hydrogen (secondary N) is 2. The molecule has 0 atom stereocenters. The molecule has 0 unspecified atom stereocenters. The SMILES string of the molecule is CCOc1ccc(C(=O)Oc2ccc(C=NNC(=O)c3[nH]c4c(C)cccc4c3-c3ccccc3)cc2OCC)cc1OCC. The monoisotopic (exact) mass is 605 g/mol. The van der Waals surface area contributed by atoms with Gasteiger partial charge in [-0.05, 0) is 80.8 Å². The predicted octanol–water partition coefficient (Wildman–Crippen LogP) is 7.32. The Balaban J connectivity index is 1.34. The molecule has 230 valence electrons. The maximum absolute atomic E-state index is 13.4. The summed E-state index contributed by atoms with van der Waals surface area (Å²) in [6.45, 7) is 8.81. The lowest BCUT2D eigenvalue weighted by Crippen LogP contribution is -2.19. The highest BCUT2D eigenvalue weighted by molar-refractivity contribution is 6.10. The van der Waals surface area contributed by atoms with Gasteiger partial charge in [-0.2, -0.15) is 5.10 Å². The molecular weight excluding hydrogens is 570 g/mol. The third-order valence-electron chi connectivity index (χ3n) is 6.96. The van der Waals surface area contributed by atoms with Gasteiger partial charge in [-0.1, -0.05) is 48.5 Å². The van der Waals surface area contributed by atoms with Crippen molar-refractivity contribution in [1.29, 1.82) is 0 Å². The number of aromatic nitrogens is 1. The molecular formula is C36H35N3O6. The Hall–Kier alpha value is -5.57. The molecule has 2 N–H and O–H groups in total. The zero-order valence-electron chi connectivity index (χ0n) is 25.7. The number of aryl methyl sites for hydroxylation is 1. The Morgan fingerprint density at radius 3 is 2.20 bits per heavy atom. The van der Waals surface area contributed by atoms with Crippen molar-refractivity contribution in [2.45, 2.75) is 27.7 Å². The molecule has 0 bridgehead atoms. The molecule has 4 aromatic carbocycles. The number of carbonyl (C=O) groups excluding carboxylic acids is 2.